The molecule has 1 aromatic carbocycles. The minimum absolute atomic E-state index is 0.152. The molecule has 0 unspecified atom stereocenters. The van der Waals surface area contributed by atoms with Crippen molar-refractivity contribution in [3.63, 3.8) is 0 Å². The minimum Gasteiger partial charge on any atom is -0.485 e. The van der Waals surface area contributed by atoms with Gasteiger partial charge >= 0.3 is 0 Å². The second kappa shape index (κ2) is 5.48. The molecule has 20 heavy (non-hydrogen) atoms. The molecule has 1 aliphatic heterocycles. The molecule has 0 aliphatic carbocycles. The number of hydrogen-bond donors (Lipinski definition) is 1. The quantitative estimate of drug-likeness (QED) is 0.680. The average molecular weight is 272 g/mol. The third-order valence-corrected chi connectivity index (χ3v) is 2.71. The van der Waals surface area contributed by atoms with Crippen LogP contribution in [-0.2, 0) is 4.79 Å². The molecular weight excluding hydrogens is 260 g/mol. The van der Waals surface area contributed by atoms with Gasteiger partial charge in [-0.1, -0.05) is 12.1 Å². The summed E-state index contributed by atoms with van der Waals surface area (Å²) in [5.41, 5.74) is 2.39. The summed E-state index contributed by atoms with van der Waals surface area (Å²) in [4.78, 5) is 11.9. The van der Waals surface area contributed by atoms with Crippen LogP contribution in [0.15, 0.2) is 52.2 Å². The van der Waals surface area contributed by atoms with Gasteiger partial charge in [-0.15, -0.1) is 0 Å². The summed E-state index contributed by atoms with van der Waals surface area (Å²) in [7, 11) is 0. The Labute approximate surface area is 115 Å². The topological polar surface area (TPSA) is 73.1 Å². The highest BCUT2D eigenvalue weighted by Crippen LogP contribution is 2.30. The molecule has 1 atom stereocenters. The Morgan fingerprint density at radius 3 is 2.90 bits per heavy atom. The lowest BCUT2D eigenvalue weighted by Crippen LogP contribution is -2.42. The van der Waals surface area contributed by atoms with Crippen LogP contribution in [0, 0.1) is 0 Å². The number of furan rings is 1. The summed E-state index contributed by atoms with van der Waals surface area (Å²) in [5.74, 6) is 1.36. The van der Waals surface area contributed by atoms with Crippen LogP contribution in [-0.4, -0.2) is 24.8 Å². The standard InChI is InChI=1S/C14H12N2O4/c17-14(16-15-8-10-4-3-7-18-10)13-9-19-11-5-1-2-6-12(11)20-13/h1-8,13H,9H2,(H,16,17)/t13-/m1/s1. The van der Waals surface area contributed by atoms with E-state index in [1.54, 1.807) is 24.3 Å². The third kappa shape index (κ3) is 2.64. The number of rotatable bonds is 3. The molecule has 1 aliphatic rings. The second-order valence-electron chi connectivity index (χ2n) is 4.11. The van der Waals surface area contributed by atoms with E-state index in [1.807, 2.05) is 12.1 Å². The van der Waals surface area contributed by atoms with Crippen LogP contribution in [0.2, 0.25) is 0 Å². The zero-order valence-electron chi connectivity index (χ0n) is 10.5. The summed E-state index contributed by atoms with van der Waals surface area (Å²) in [6.07, 6.45) is 2.21. The molecule has 1 amide bonds. The molecule has 6 nitrogen and oxygen atoms in total. The molecule has 0 fully saturated rings. The van der Waals surface area contributed by atoms with Crippen LogP contribution in [0.3, 0.4) is 0 Å². The number of hydrazone groups is 1. The maximum absolute atomic E-state index is 11.9. The van der Waals surface area contributed by atoms with E-state index in [0.29, 0.717) is 17.3 Å². The number of carbonyl (C=O) groups excluding carboxylic acids is 1. The van der Waals surface area contributed by atoms with Crippen LogP contribution in [0.25, 0.3) is 0 Å². The highest BCUT2D eigenvalue weighted by Gasteiger charge is 2.26. The molecule has 3 rings (SSSR count). The van der Waals surface area contributed by atoms with Crippen LogP contribution in [0.5, 0.6) is 11.5 Å². The van der Waals surface area contributed by atoms with E-state index in [4.69, 9.17) is 13.9 Å². The van der Waals surface area contributed by atoms with Crippen molar-refractivity contribution >= 4 is 12.1 Å². The maximum Gasteiger partial charge on any atom is 0.284 e. The largest absolute Gasteiger partial charge is 0.485 e. The minimum atomic E-state index is -0.723. The van der Waals surface area contributed by atoms with E-state index in [1.165, 1.54) is 12.5 Å². The number of hydrogen-bond acceptors (Lipinski definition) is 5. The molecule has 0 spiro atoms. The Kier molecular flexibility index (Phi) is 3.36. The van der Waals surface area contributed by atoms with Crippen LogP contribution in [0.1, 0.15) is 5.76 Å². The molecular formula is C14H12N2O4. The van der Waals surface area contributed by atoms with Crippen LogP contribution < -0.4 is 14.9 Å². The molecule has 0 saturated heterocycles. The van der Waals surface area contributed by atoms with Gasteiger partial charge in [-0.05, 0) is 24.3 Å². The molecule has 2 aromatic rings. The lowest BCUT2D eigenvalue weighted by atomic mass is 10.2. The molecule has 0 radical (unpaired) electrons. The zero-order valence-corrected chi connectivity index (χ0v) is 10.5. The lowest BCUT2D eigenvalue weighted by molar-refractivity contribution is -0.130. The molecule has 0 saturated carbocycles. The van der Waals surface area contributed by atoms with Gasteiger partial charge in [0, 0.05) is 0 Å². The zero-order chi connectivity index (χ0) is 13.8. The number of para-hydroxylation sites is 2. The van der Waals surface area contributed by atoms with Crippen molar-refractivity contribution in [2.45, 2.75) is 6.10 Å². The van der Waals surface area contributed by atoms with Gasteiger partial charge in [0.15, 0.2) is 11.5 Å². The van der Waals surface area contributed by atoms with E-state index in [-0.39, 0.29) is 12.5 Å². The van der Waals surface area contributed by atoms with Crippen molar-refractivity contribution in [1.82, 2.24) is 5.43 Å². The molecule has 1 N–H and O–H groups in total. The van der Waals surface area contributed by atoms with Gasteiger partial charge in [-0.2, -0.15) is 5.10 Å². The third-order valence-electron chi connectivity index (χ3n) is 2.71. The predicted molar refractivity (Wildman–Crippen MR) is 70.8 cm³/mol. The molecule has 1 aromatic heterocycles. The van der Waals surface area contributed by atoms with Gasteiger partial charge in [0.2, 0.25) is 6.10 Å². The molecule has 6 heteroatoms. The number of nitrogens with one attached hydrogen (secondary N) is 1. The van der Waals surface area contributed by atoms with E-state index < -0.39 is 6.10 Å². The number of amides is 1. The van der Waals surface area contributed by atoms with Gasteiger partial charge in [0.05, 0.1) is 12.5 Å². The van der Waals surface area contributed by atoms with E-state index in [2.05, 4.69) is 10.5 Å². The fraction of sp³-hybridized carbons (Fsp3) is 0.143. The van der Waals surface area contributed by atoms with Crippen molar-refractivity contribution in [2.24, 2.45) is 5.10 Å². The van der Waals surface area contributed by atoms with Crippen molar-refractivity contribution < 1.29 is 18.7 Å². The second-order valence-corrected chi connectivity index (χ2v) is 4.11. The average Bonchev–Trinajstić information content (AvgIpc) is 3.00. The Bertz CT molecular complexity index is 622. The van der Waals surface area contributed by atoms with Crippen molar-refractivity contribution in [1.29, 1.82) is 0 Å². The van der Waals surface area contributed by atoms with Crippen molar-refractivity contribution in [3.8, 4) is 11.5 Å². The van der Waals surface area contributed by atoms with Crippen molar-refractivity contribution in [2.75, 3.05) is 6.61 Å². The highest BCUT2D eigenvalue weighted by molar-refractivity contribution is 5.83. The number of fused-ring (bicyclic) bond motifs is 1. The van der Waals surface area contributed by atoms with Gasteiger partial charge in [0.1, 0.15) is 12.4 Å². The van der Waals surface area contributed by atoms with E-state index in [0.717, 1.165) is 0 Å². The maximum atomic E-state index is 11.9. The first kappa shape index (κ1) is 12.3. The lowest BCUT2D eigenvalue weighted by Gasteiger charge is -2.24. The normalized spacial score (nSPS) is 17.1. The first-order valence-corrected chi connectivity index (χ1v) is 6.08. The summed E-state index contributed by atoms with van der Waals surface area (Å²) in [5, 5.41) is 3.79. The van der Waals surface area contributed by atoms with Crippen LogP contribution >= 0.6 is 0 Å². The summed E-state index contributed by atoms with van der Waals surface area (Å²) >= 11 is 0. The van der Waals surface area contributed by atoms with Crippen molar-refractivity contribution in [3.05, 3.63) is 48.4 Å². The van der Waals surface area contributed by atoms with Gasteiger partial charge in [0.25, 0.3) is 5.91 Å². The summed E-state index contributed by atoms with van der Waals surface area (Å²) in [6.45, 7) is 0.152. The molecule has 2 heterocycles. The summed E-state index contributed by atoms with van der Waals surface area (Å²) < 4.78 is 16.1. The van der Waals surface area contributed by atoms with Gasteiger partial charge in [-0.25, -0.2) is 5.43 Å². The Balaban J connectivity index is 1.59. The highest BCUT2D eigenvalue weighted by atomic mass is 16.6. The predicted octanol–water partition coefficient (Wildman–Crippen LogP) is 1.57. The first-order chi connectivity index (χ1) is 9.83. The van der Waals surface area contributed by atoms with E-state index in [9.17, 15) is 4.79 Å². The summed E-state index contributed by atoms with van der Waals surface area (Å²) in [6, 6.07) is 10.7. The van der Waals surface area contributed by atoms with E-state index >= 15 is 0 Å². The van der Waals surface area contributed by atoms with Gasteiger partial charge < -0.3 is 13.9 Å². The fourth-order valence-corrected chi connectivity index (χ4v) is 1.74. The Hall–Kier alpha value is -2.76. The molecule has 102 valence electrons. The number of carbonyl (C=O) groups is 1. The fourth-order valence-electron chi connectivity index (χ4n) is 1.74. The Morgan fingerprint density at radius 2 is 2.10 bits per heavy atom. The Morgan fingerprint density at radius 1 is 1.25 bits per heavy atom. The smallest absolute Gasteiger partial charge is 0.284 e. The molecule has 0 bridgehead atoms. The number of benzene rings is 1. The first-order valence-electron chi connectivity index (χ1n) is 6.08. The van der Waals surface area contributed by atoms with Gasteiger partial charge in [-0.3, -0.25) is 4.79 Å². The number of nitrogens with zero attached hydrogens (tertiary/aromatic N) is 1. The number of ether oxygens (including phenoxy) is 2. The van der Waals surface area contributed by atoms with Crippen LogP contribution in [0.4, 0.5) is 0 Å². The monoisotopic (exact) mass is 272 g/mol. The SMILES string of the molecule is O=C(NN=Cc1ccco1)[C@H]1COc2ccccc2O1.